The summed E-state index contributed by atoms with van der Waals surface area (Å²) in [6.07, 6.45) is 6.21. The minimum Gasteiger partial charge on any atom is -0.361 e. The second-order valence-electron chi connectivity index (χ2n) is 6.14. The number of rotatable bonds is 6. The molecule has 0 aliphatic rings. The van der Waals surface area contributed by atoms with Crippen LogP contribution in [0.15, 0.2) is 53.4 Å². The smallest absolute Gasteiger partial charge is 0.340 e. The number of anilines is 1. The lowest BCUT2D eigenvalue weighted by atomic mass is 10.0. The topological polar surface area (TPSA) is 109 Å². The highest BCUT2D eigenvalue weighted by molar-refractivity contribution is 5.87. The number of pyridine rings is 1. The monoisotopic (exact) mass is 362 g/mol. The third-order valence-corrected chi connectivity index (χ3v) is 4.29. The molecule has 0 aliphatic heterocycles. The SMILES string of the molecule is Cc1cccc2[nH]cc(CCC(=O)NNc3nc(-c4ccncc4)no3)c12. The largest absolute Gasteiger partial charge is 0.361 e. The number of amides is 1. The predicted octanol–water partition coefficient (Wildman–Crippen LogP) is 3.00. The van der Waals surface area contributed by atoms with Gasteiger partial charge in [-0.2, -0.15) is 4.98 Å². The lowest BCUT2D eigenvalue weighted by Crippen LogP contribution is -2.29. The summed E-state index contributed by atoms with van der Waals surface area (Å²) < 4.78 is 5.08. The molecule has 3 N–H and O–H groups in total. The molecular weight excluding hydrogens is 344 g/mol. The molecule has 1 aromatic carbocycles. The van der Waals surface area contributed by atoms with E-state index < -0.39 is 0 Å². The van der Waals surface area contributed by atoms with Gasteiger partial charge >= 0.3 is 6.01 Å². The van der Waals surface area contributed by atoms with Crippen molar-refractivity contribution in [2.45, 2.75) is 19.8 Å². The summed E-state index contributed by atoms with van der Waals surface area (Å²) in [5.74, 6) is 0.255. The van der Waals surface area contributed by atoms with E-state index >= 15 is 0 Å². The Labute approximate surface area is 155 Å². The Morgan fingerprint density at radius 1 is 1.22 bits per heavy atom. The fraction of sp³-hybridized carbons (Fsp3) is 0.158. The zero-order valence-corrected chi connectivity index (χ0v) is 14.7. The highest BCUT2D eigenvalue weighted by atomic mass is 16.5. The van der Waals surface area contributed by atoms with Crippen molar-refractivity contribution < 1.29 is 9.32 Å². The molecule has 0 spiro atoms. The van der Waals surface area contributed by atoms with Crippen molar-refractivity contribution in [2.24, 2.45) is 0 Å². The van der Waals surface area contributed by atoms with Gasteiger partial charge < -0.3 is 9.51 Å². The van der Waals surface area contributed by atoms with Crippen LogP contribution in [0.2, 0.25) is 0 Å². The minimum atomic E-state index is -0.165. The normalized spacial score (nSPS) is 10.9. The van der Waals surface area contributed by atoms with Crippen LogP contribution in [0.25, 0.3) is 22.3 Å². The molecule has 8 nitrogen and oxygen atoms in total. The molecule has 4 rings (SSSR count). The van der Waals surface area contributed by atoms with E-state index in [9.17, 15) is 4.79 Å². The predicted molar refractivity (Wildman–Crippen MR) is 101 cm³/mol. The average molecular weight is 362 g/mol. The number of benzene rings is 1. The van der Waals surface area contributed by atoms with E-state index in [1.807, 2.05) is 18.3 Å². The van der Waals surface area contributed by atoms with Gasteiger partial charge in [-0.3, -0.25) is 15.2 Å². The molecule has 0 bridgehead atoms. The van der Waals surface area contributed by atoms with Crippen molar-refractivity contribution in [2.75, 3.05) is 5.43 Å². The van der Waals surface area contributed by atoms with Gasteiger partial charge in [0.05, 0.1) is 0 Å². The zero-order chi connectivity index (χ0) is 18.6. The summed E-state index contributed by atoms with van der Waals surface area (Å²) >= 11 is 0. The van der Waals surface area contributed by atoms with E-state index in [1.165, 1.54) is 10.9 Å². The highest BCUT2D eigenvalue weighted by Gasteiger charge is 2.11. The van der Waals surface area contributed by atoms with E-state index in [-0.39, 0.29) is 11.9 Å². The Morgan fingerprint density at radius 2 is 2.07 bits per heavy atom. The van der Waals surface area contributed by atoms with Crippen molar-refractivity contribution in [3.63, 3.8) is 0 Å². The minimum absolute atomic E-state index is 0.123. The number of aromatic amines is 1. The van der Waals surface area contributed by atoms with Gasteiger partial charge in [0.25, 0.3) is 0 Å². The number of carbonyl (C=O) groups is 1. The second-order valence-corrected chi connectivity index (χ2v) is 6.14. The Hall–Kier alpha value is -3.68. The molecule has 0 unspecified atom stereocenters. The van der Waals surface area contributed by atoms with E-state index in [4.69, 9.17) is 4.52 Å². The molecule has 3 heterocycles. The number of nitrogens with zero attached hydrogens (tertiary/aromatic N) is 3. The Morgan fingerprint density at radius 3 is 2.93 bits per heavy atom. The summed E-state index contributed by atoms with van der Waals surface area (Å²) in [4.78, 5) is 23.5. The van der Waals surface area contributed by atoms with Gasteiger partial charge in [0.2, 0.25) is 11.7 Å². The molecule has 3 aromatic heterocycles. The van der Waals surface area contributed by atoms with Crippen LogP contribution in [0.3, 0.4) is 0 Å². The molecule has 8 heteroatoms. The maximum absolute atomic E-state index is 12.1. The van der Waals surface area contributed by atoms with Gasteiger partial charge in [-0.1, -0.05) is 17.3 Å². The third-order valence-electron chi connectivity index (χ3n) is 4.29. The number of aromatic nitrogens is 4. The van der Waals surface area contributed by atoms with Gasteiger partial charge in [-0.15, -0.1) is 0 Å². The standard InChI is InChI=1S/C19H18N6O2/c1-12-3-2-4-15-17(12)14(11-21-15)5-6-16(26)23-24-19-22-18(25-27-19)13-7-9-20-10-8-13/h2-4,7-11,21H,5-6H2,1H3,(H,23,26)(H,22,24,25). The van der Waals surface area contributed by atoms with Crippen LogP contribution in [-0.2, 0) is 11.2 Å². The first-order valence-electron chi connectivity index (χ1n) is 8.55. The average Bonchev–Trinajstić information content (AvgIpc) is 3.33. The van der Waals surface area contributed by atoms with Crippen LogP contribution >= 0.6 is 0 Å². The molecule has 0 fully saturated rings. The summed E-state index contributed by atoms with van der Waals surface area (Å²) in [6.45, 7) is 2.07. The van der Waals surface area contributed by atoms with Crippen LogP contribution in [0, 0.1) is 6.92 Å². The molecule has 27 heavy (non-hydrogen) atoms. The molecule has 4 aromatic rings. The molecular formula is C19H18N6O2. The molecule has 0 radical (unpaired) electrons. The maximum atomic E-state index is 12.1. The second kappa shape index (κ2) is 7.28. The van der Waals surface area contributed by atoms with Crippen molar-refractivity contribution in [3.8, 4) is 11.4 Å². The van der Waals surface area contributed by atoms with Crippen LogP contribution in [-0.4, -0.2) is 26.0 Å². The summed E-state index contributed by atoms with van der Waals surface area (Å²) in [7, 11) is 0. The quantitative estimate of drug-likeness (QED) is 0.455. The maximum Gasteiger partial charge on any atom is 0.340 e. The van der Waals surface area contributed by atoms with Crippen LogP contribution in [0.4, 0.5) is 6.01 Å². The Bertz CT molecular complexity index is 1070. The number of hydrazine groups is 1. The lowest BCUT2D eigenvalue weighted by Gasteiger charge is -2.05. The van der Waals surface area contributed by atoms with Crippen molar-refractivity contribution in [1.29, 1.82) is 0 Å². The van der Waals surface area contributed by atoms with Gasteiger partial charge in [-0.05, 0) is 42.7 Å². The highest BCUT2D eigenvalue weighted by Crippen LogP contribution is 2.23. The van der Waals surface area contributed by atoms with Crippen LogP contribution in [0.5, 0.6) is 0 Å². The number of hydrogen-bond acceptors (Lipinski definition) is 6. The van der Waals surface area contributed by atoms with Crippen molar-refractivity contribution in [3.05, 3.63) is 60.0 Å². The first-order chi connectivity index (χ1) is 13.2. The number of aryl methyl sites for hydroxylation is 2. The zero-order valence-electron chi connectivity index (χ0n) is 14.7. The summed E-state index contributed by atoms with van der Waals surface area (Å²) in [6, 6.07) is 9.78. The molecule has 1 amide bonds. The number of fused-ring (bicyclic) bond motifs is 1. The van der Waals surface area contributed by atoms with Gasteiger partial charge in [-0.25, -0.2) is 5.43 Å². The number of hydrogen-bond donors (Lipinski definition) is 3. The van der Waals surface area contributed by atoms with E-state index in [0.717, 1.165) is 16.6 Å². The van der Waals surface area contributed by atoms with Gasteiger partial charge in [0.15, 0.2) is 0 Å². The first-order valence-corrected chi connectivity index (χ1v) is 8.55. The number of H-pyrrole nitrogens is 1. The fourth-order valence-electron chi connectivity index (χ4n) is 2.97. The number of nitrogens with one attached hydrogen (secondary N) is 3. The van der Waals surface area contributed by atoms with Crippen LogP contribution < -0.4 is 10.9 Å². The van der Waals surface area contributed by atoms with E-state index in [0.29, 0.717) is 18.7 Å². The van der Waals surface area contributed by atoms with Crippen molar-refractivity contribution in [1.82, 2.24) is 25.5 Å². The molecule has 0 atom stereocenters. The summed E-state index contributed by atoms with van der Waals surface area (Å²) in [5.41, 5.74) is 9.41. The van der Waals surface area contributed by atoms with Crippen LogP contribution in [0.1, 0.15) is 17.5 Å². The van der Waals surface area contributed by atoms with E-state index in [2.05, 4.69) is 44.0 Å². The van der Waals surface area contributed by atoms with Crippen molar-refractivity contribution >= 4 is 22.8 Å². The molecule has 0 saturated carbocycles. The third kappa shape index (κ3) is 3.64. The Balaban J connectivity index is 1.33. The van der Waals surface area contributed by atoms with E-state index in [1.54, 1.807) is 24.5 Å². The number of carbonyl (C=O) groups excluding carboxylic acids is 1. The Kier molecular flexibility index (Phi) is 4.52. The molecule has 0 aliphatic carbocycles. The summed E-state index contributed by atoms with van der Waals surface area (Å²) in [5, 5.41) is 5.04. The molecule has 136 valence electrons. The van der Waals surface area contributed by atoms with Gasteiger partial charge in [0.1, 0.15) is 0 Å². The first kappa shape index (κ1) is 16.8. The fourth-order valence-corrected chi connectivity index (χ4v) is 2.97. The van der Waals surface area contributed by atoms with Gasteiger partial charge in [0, 0.05) is 41.5 Å². The lowest BCUT2D eigenvalue weighted by molar-refractivity contribution is -0.120. The molecule has 0 saturated heterocycles.